The molecular formula is C9H14N2O3. The van der Waals surface area contributed by atoms with E-state index in [2.05, 4.69) is 5.32 Å². The van der Waals surface area contributed by atoms with Gasteiger partial charge in [0.2, 0.25) is 5.91 Å². The third-order valence-corrected chi connectivity index (χ3v) is 1.72. The molecule has 0 aliphatic carbocycles. The van der Waals surface area contributed by atoms with Gasteiger partial charge in [0.25, 0.3) is 0 Å². The number of nitrogens with one attached hydrogen (secondary N) is 1. The minimum absolute atomic E-state index is 0.0818. The summed E-state index contributed by atoms with van der Waals surface area (Å²) in [4.78, 5) is 11.1. The van der Waals surface area contributed by atoms with E-state index in [0.717, 1.165) is 0 Å². The predicted molar refractivity (Wildman–Crippen MR) is 51.0 cm³/mol. The Labute approximate surface area is 82.2 Å². The van der Waals surface area contributed by atoms with Gasteiger partial charge in [-0.2, -0.15) is 0 Å². The first kappa shape index (κ1) is 10.7. The van der Waals surface area contributed by atoms with Gasteiger partial charge in [-0.05, 0) is 19.1 Å². The van der Waals surface area contributed by atoms with Crippen LogP contribution in [0.4, 0.5) is 0 Å². The monoisotopic (exact) mass is 198 g/mol. The molecule has 0 fully saturated rings. The number of aliphatic hydroxyl groups is 1. The van der Waals surface area contributed by atoms with Crippen LogP contribution in [0, 0.1) is 0 Å². The molecule has 5 heteroatoms. The molecule has 1 aliphatic heterocycles. The zero-order valence-electron chi connectivity index (χ0n) is 7.93. The molecule has 0 aromatic carbocycles. The molecule has 5 nitrogen and oxygen atoms in total. The van der Waals surface area contributed by atoms with Crippen LogP contribution in [0.15, 0.2) is 24.1 Å². The van der Waals surface area contributed by atoms with Crippen LogP contribution in [-0.4, -0.2) is 29.8 Å². The van der Waals surface area contributed by atoms with Crippen molar-refractivity contribution in [3.63, 3.8) is 0 Å². The highest BCUT2D eigenvalue weighted by Gasteiger charge is 2.12. The van der Waals surface area contributed by atoms with Gasteiger partial charge in [-0.15, -0.1) is 0 Å². The number of hydrogen-bond donors (Lipinski definition) is 3. The molecule has 1 amide bonds. The van der Waals surface area contributed by atoms with Gasteiger partial charge in [-0.1, -0.05) is 0 Å². The Balaban J connectivity index is 2.46. The third kappa shape index (κ3) is 2.86. The Bertz CT molecular complexity index is 271. The molecule has 0 radical (unpaired) electrons. The highest BCUT2D eigenvalue weighted by molar-refractivity contribution is 5.83. The van der Waals surface area contributed by atoms with E-state index in [-0.39, 0.29) is 18.6 Å². The van der Waals surface area contributed by atoms with Crippen LogP contribution in [0.3, 0.4) is 0 Å². The number of hydrogen-bond acceptors (Lipinski definition) is 4. The summed E-state index contributed by atoms with van der Waals surface area (Å²) in [7, 11) is 0. The van der Waals surface area contributed by atoms with E-state index in [9.17, 15) is 4.79 Å². The fourth-order valence-electron chi connectivity index (χ4n) is 0.887. The van der Waals surface area contributed by atoms with Crippen molar-refractivity contribution < 1.29 is 14.6 Å². The zero-order valence-corrected chi connectivity index (χ0v) is 7.93. The van der Waals surface area contributed by atoms with E-state index in [4.69, 9.17) is 15.6 Å². The van der Waals surface area contributed by atoms with E-state index >= 15 is 0 Å². The lowest BCUT2D eigenvalue weighted by atomic mass is 10.2. The topological polar surface area (TPSA) is 84.6 Å². The quantitative estimate of drug-likeness (QED) is 0.556. The molecule has 4 N–H and O–H groups in total. The van der Waals surface area contributed by atoms with Gasteiger partial charge in [-0.25, -0.2) is 0 Å². The summed E-state index contributed by atoms with van der Waals surface area (Å²) in [5, 5.41) is 11.3. The molecule has 0 aromatic rings. The number of allylic oxidation sites excluding steroid dienone is 1. The highest BCUT2D eigenvalue weighted by Crippen LogP contribution is 2.06. The van der Waals surface area contributed by atoms with Crippen molar-refractivity contribution in [3.05, 3.63) is 24.1 Å². The largest absolute Gasteiger partial charge is 0.489 e. The molecule has 0 saturated heterocycles. The number of nitrogens with two attached hydrogens (primary N) is 1. The van der Waals surface area contributed by atoms with Gasteiger partial charge < -0.3 is 20.9 Å². The number of aliphatic hydroxyl groups excluding tert-OH is 1. The zero-order chi connectivity index (χ0) is 10.6. The van der Waals surface area contributed by atoms with E-state index in [1.54, 1.807) is 19.1 Å². The molecule has 0 aromatic heterocycles. The molecule has 1 rings (SSSR count). The lowest BCUT2D eigenvalue weighted by Crippen LogP contribution is -2.38. The van der Waals surface area contributed by atoms with Gasteiger partial charge in [0.05, 0.1) is 18.3 Å². The third-order valence-electron chi connectivity index (χ3n) is 1.72. The van der Waals surface area contributed by atoms with Crippen molar-refractivity contribution in [2.24, 2.45) is 5.73 Å². The van der Waals surface area contributed by atoms with Gasteiger partial charge in [0, 0.05) is 0 Å². The normalized spacial score (nSPS) is 22.2. The first-order chi connectivity index (χ1) is 6.63. The summed E-state index contributed by atoms with van der Waals surface area (Å²) in [6.07, 6.45) is 4.40. The first-order valence-corrected chi connectivity index (χ1v) is 4.34. The summed E-state index contributed by atoms with van der Waals surface area (Å²) >= 11 is 0. The summed E-state index contributed by atoms with van der Waals surface area (Å²) in [6.45, 7) is 1.52. The van der Waals surface area contributed by atoms with E-state index in [1.165, 1.54) is 6.26 Å². The fraction of sp³-hybridized carbons (Fsp3) is 0.444. The number of rotatable bonds is 3. The lowest BCUT2D eigenvalue weighted by molar-refractivity contribution is -0.121. The number of ether oxygens (including phenoxy) is 1. The smallest absolute Gasteiger partial charge is 0.241 e. The van der Waals surface area contributed by atoms with Crippen molar-refractivity contribution >= 4 is 5.91 Å². The van der Waals surface area contributed by atoms with Crippen LogP contribution >= 0.6 is 0 Å². The first-order valence-electron chi connectivity index (χ1n) is 4.34. The summed E-state index contributed by atoms with van der Waals surface area (Å²) in [6, 6.07) is -0.556. The molecule has 1 unspecified atom stereocenters. The predicted octanol–water partition coefficient (Wildman–Crippen LogP) is -0.761. The highest BCUT2D eigenvalue weighted by atomic mass is 16.5. The van der Waals surface area contributed by atoms with Crippen molar-refractivity contribution in [3.8, 4) is 0 Å². The summed E-state index contributed by atoms with van der Waals surface area (Å²) < 4.78 is 5.07. The van der Waals surface area contributed by atoms with Crippen molar-refractivity contribution in [2.75, 3.05) is 6.61 Å². The van der Waals surface area contributed by atoms with E-state index in [0.29, 0.717) is 5.70 Å². The Morgan fingerprint density at radius 2 is 2.57 bits per heavy atom. The fourth-order valence-corrected chi connectivity index (χ4v) is 0.887. The van der Waals surface area contributed by atoms with Gasteiger partial charge in [0.1, 0.15) is 12.4 Å². The standard InChI is InChI=1S/C9H14N2O3/c1-6(10)9(13)11-7-2-3-8(4-12)14-5-7/h2-3,5-6,8,12H,4,10H2,1H3,(H,11,13)/t6?,8-/m0/s1. The minimum Gasteiger partial charge on any atom is -0.489 e. The Hall–Kier alpha value is -1.33. The maximum Gasteiger partial charge on any atom is 0.241 e. The maximum absolute atomic E-state index is 11.1. The molecule has 0 saturated carbocycles. The number of carbonyl (C=O) groups is 1. The summed E-state index contributed by atoms with van der Waals surface area (Å²) in [5.41, 5.74) is 5.90. The molecule has 0 spiro atoms. The van der Waals surface area contributed by atoms with E-state index in [1.807, 2.05) is 0 Å². The number of amides is 1. The van der Waals surface area contributed by atoms with Crippen LogP contribution in [0.5, 0.6) is 0 Å². The van der Waals surface area contributed by atoms with Crippen molar-refractivity contribution in [1.29, 1.82) is 0 Å². The van der Waals surface area contributed by atoms with Crippen LogP contribution in [-0.2, 0) is 9.53 Å². The van der Waals surface area contributed by atoms with Crippen LogP contribution < -0.4 is 11.1 Å². The maximum atomic E-state index is 11.1. The Kier molecular flexibility index (Phi) is 3.67. The second-order valence-corrected chi connectivity index (χ2v) is 3.07. The molecule has 0 bridgehead atoms. The van der Waals surface area contributed by atoms with Crippen LogP contribution in [0.1, 0.15) is 6.92 Å². The summed E-state index contributed by atoms with van der Waals surface area (Å²) in [5.74, 6) is -0.271. The van der Waals surface area contributed by atoms with E-state index < -0.39 is 6.04 Å². The average Bonchev–Trinajstić information content (AvgIpc) is 2.19. The number of carbonyl (C=O) groups excluding carboxylic acids is 1. The molecule has 2 atom stereocenters. The molecule has 14 heavy (non-hydrogen) atoms. The van der Waals surface area contributed by atoms with Gasteiger partial charge >= 0.3 is 0 Å². The molecule has 78 valence electrons. The Morgan fingerprint density at radius 1 is 1.86 bits per heavy atom. The molecule has 1 heterocycles. The Morgan fingerprint density at radius 3 is 3.00 bits per heavy atom. The van der Waals surface area contributed by atoms with Crippen molar-refractivity contribution in [1.82, 2.24) is 5.32 Å². The SMILES string of the molecule is CC(N)C(=O)NC1=CO[C@H](CO)C=C1. The average molecular weight is 198 g/mol. The van der Waals surface area contributed by atoms with Gasteiger partial charge in [0.15, 0.2) is 0 Å². The minimum atomic E-state index is -0.556. The second-order valence-electron chi connectivity index (χ2n) is 3.07. The molecular weight excluding hydrogens is 184 g/mol. The lowest BCUT2D eigenvalue weighted by Gasteiger charge is -2.16. The van der Waals surface area contributed by atoms with Crippen LogP contribution in [0.2, 0.25) is 0 Å². The molecule has 1 aliphatic rings. The van der Waals surface area contributed by atoms with Crippen LogP contribution in [0.25, 0.3) is 0 Å². The van der Waals surface area contributed by atoms with Gasteiger partial charge in [-0.3, -0.25) is 4.79 Å². The van der Waals surface area contributed by atoms with Crippen molar-refractivity contribution in [2.45, 2.75) is 19.1 Å². The second kappa shape index (κ2) is 4.78.